The Kier molecular flexibility index (Phi) is 2.69. The van der Waals surface area contributed by atoms with E-state index in [0.717, 1.165) is 11.4 Å². The van der Waals surface area contributed by atoms with Crippen molar-refractivity contribution in [2.24, 2.45) is 0 Å². The lowest BCUT2D eigenvalue weighted by Crippen LogP contribution is -2.26. The molecule has 18 heavy (non-hydrogen) atoms. The first-order valence-corrected chi connectivity index (χ1v) is 5.54. The van der Waals surface area contributed by atoms with Gasteiger partial charge in [0.2, 0.25) is 6.79 Å². The van der Waals surface area contributed by atoms with Gasteiger partial charge in [0, 0.05) is 11.8 Å². The van der Waals surface area contributed by atoms with Crippen LogP contribution in [0.2, 0.25) is 0 Å². The van der Waals surface area contributed by atoms with Crippen LogP contribution in [0.5, 0.6) is 11.5 Å². The highest BCUT2D eigenvalue weighted by Gasteiger charge is 2.13. The quantitative estimate of drug-likeness (QED) is 0.781. The smallest absolute Gasteiger partial charge is 0.231 e. The van der Waals surface area contributed by atoms with Crippen molar-refractivity contribution in [3.8, 4) is 11.5 Å². The molecule has 1 aromatic heterocycles. The SMILES string of the molecule is S=C(Nc1ccc2c(c1)OCO2)Nn1cnnc1. The highest BCUT2D eigenvalue weighted by molar-refractivity contribution is 7.80. The molecule has 0 saturated heterocycles. The fourth-order valence-corrected chi connectivity index (χ4v) is 1.73. The van der Waals surface area contributed by atoms with Crippen LogP contribution < -0.4 is 20.2 Å². The normalized spacial score (nSPS) is 12.2. The van der Waals surface area contributed by atoms with Gasteiger partial charge >= 0.3 is 0 Å². The summed E-state index contributed by atoms with van der Waals surface area (Å²) in [6.45, 7) is 0.252. The molecule has 2 aromatic rings. The van der Waals surface area contributed by atoms with E-state index in [4.69, 9.17) is 21.7 Å². The van der Waals surface area contributed by atoms with Gasteiger partial charge in [-0.2, -0.15) is 0 Å². The van der Waals surface area contributed by atoms with Gasteiger partial charge in [0.05, 0.1) is 0 Å². The van der Waals surface area contributed by atoms with E-state index in [1.807, 2.05) is 18.2 Å². The van der Waals surface area contributed by atoms with Gasteiger partial charge in [0.15, 0.2) is 16.6 Å². The van der Waals surface area contributed by atoms with Gasteiger partial charge in [-0.1, -0.05) is 0 Å². The lowest BCUT2D eigenvalue weighted by molar-refractivity contribution is 0.174. The van der Waals surface area contributed by atoms with Gasteiger partial charge in [-0.3, -0.25) is 5.43 Å². The highest BCUT2D eigenvalue weighted by atomic mass is 32.1. The molecule has 2 heterocycles. The molecule has 2 N–H and O–H groups in total. The number of anilines is 1. The van der Waals surface area contributed by atoms with Gasteiger partial charge in [0.1, 0.15) is 12.7 Å². The van der Waals surface area contributed by atoms with Crippen molar-refractivity contribution >= 4 is 23.0 Å². The molecule has 1 aromatic carbocycles. The predicted octanol–water partition coefficient (Wildman–Crippen LogP) is 0.947. The summed E-state index contributed by atoms with van der Waals surface area (Å²) in [5.41, 5.74) is 3.69. The minimum absolute atomic E-state index is 0.252. The number of hydrogen-bond acceptors (Lipinski definition) is 5. The van der Waals surface area contributed by atoms with Crippen LogP contribution in [0.1, 0.15) is 0 Å². The molecule has 0 radical (unpaired) electrons. The Labute approximate surface area is 108 Å². The van der Waals surface area contributed by atoms with Crippen LogP contribution in [0.25, 0.3) is 0 Å². The summed E-state index contributed by atoms with van der Waals surface area (Å²) in [6.07, 6.45) is 3.02. The third-order valence-corrected chi connectivity index (χ3v) is 2.47. The second-order valence-corrected chi connectivity index (χ2v) is 3.91. The van der Waals surface area contributed by atoms with Crippen molar-refractivity contribution in [3.05, 3.63) is 30.9 Å². The van der Waals surface area contributed by atoms with Crippen molar-refractivity contribution in [3.63, 3.8) is 0 Å². The number of thiocarbonyl (C=S) groups is 1. The van der Waals surface area contributed by atoms with Crippen LogP contribution in [-0.2, 0) is 0 Å². The first-order chi connectivity index (χ1) is 8.81. The Morgan fingerprint density at radius 1 is 1.22 bits per heavy atom. The fourth-order valence-electron chi connectivity index (χ4n) is 1.51. The third-order valence-electron chi connectivity index (χ3n) is 2.28. The molecule has 0 fully saturated rings. The Morgan fingerprint density at radius 2 is 2.00 bits per heavy atom. The van der Waals surface area contributed by atoms with E-state index in [-0.39, 0.29) is 6.79 Å². The maximum absolute atomic E-state index is 5.28. The molecule has 0 aliphatic carbocycles. The molecule has 1 aliphatic heterocycles. The van der Waals surface area contributed by atoms with Crippen LogP contribution in [0.4, 0.5) is 5.69 Å². The number of ether oxygens (including phenoxy) is 2. The van der Waals surface area contributed by atoms with Crippen LogP contribution in [0, 0.1) is 0 Å². The van der Waals surface area contributed by atoms with Crippen LogP contribution >= 0.6 is 12.2 Å². The lowest BCUT2D eigenvalue weighted by Gasteiger charge is -2.10. The van der Waals surface area contributed by atoms with Crippen molar-refractivity contribution < 1.29 is 9.47 Å². The van der Waals surface area contributed by atoms with Gasteiger partial charge in [-0.25, -0.2) is 4.68 Å². The van der Waals surface area contributed by atoms with E-state index in [0.29, 0.717) is 10.9 Å². The number of hydrogen-bond donors (Lipinski definition) is 2. The molecule has 0 unspecified atom stereocenters. The molecule has 7 nitrogen and oxygen atoms in total. The molecule has 0 saturated carbocycles. The largest absolute Gasteiger partial charge is 0.454 e. The van der Waals surface area contributed by atoms with Crippen LogP contribution in [0.3, 0.4) is 0 Å². The van der Waals surface area contributed by atoms with Crippen molar-refractivity contribution in [1.82, 2.24) is 14.9 Å². The first kappa shape index (κ1) is 10.8. The second-order valence-electron chi connectivity index (χ2n) is 3.50. The summed E-state index contributed by atoms with van der Waals surface area (Å²) in [5.74, 6) is 1.44. The Hall–Kier alpha value is -2.35. The number of nitrogens with one attached hydrogen (secondary N) is 2. The van der Waals surface area contributed by atoms with E-state index in [9.17, 15) is 0 Å². The zero-order valence-corrected chi connectivity index (χ0v) is 9.98. The lowest BCUT2D eigenvalue weighted by atomic mass is 10.3. The third kappa shape index (κ3) is 2.18. The summed E-state index contributed by atoms with van der Waals surface area (Å²) in [4.78, 5) is 0. The fraction of sp³-hybridized carbons (Fsp3) is 0.100. The summed E-state index contributed by atoms with van der Waals surface area (Å²) in [7, 11) is 0. The Balaban J connectivity index is 1.67. The van der Waals surface area contributed by atoms with Crippen molar-refractivity contribution in [2.75, 3.05) is 17.5 Å². The number of benzene rings is 1. The van der Waals surface area contributed by atoms with Crippen LogP contribution in [0.15, 0.2) is 30.9 Å². The van der Waals surface area contributed by atoms with E-state index in [1.54, 1.807) is 4.68 Å². The van der Waals surface area contributed by atoms with Gasteiger partial charge in [0.25, 0.3) is 0 Å². The number of rotatable bonds is 2. The predicted molar refractivity (Wildman–Crippen MR) is 68.2 cm³/mol. The average molecular weight is 263 g/mol. The average Bonchev–Trinajstić information content (AvgIpc) is 2.98. The van der Waals surface area contributed by atoms with Gasteiger partial charge < -0.3 is 14.8 Å². The standard InChI is InChI=1S/C10H9N5O2S/c18-10(14-15-4-11-12-5-15)13-7-1-2-8-9(3-7)17-6-16-8/h1-5H,6H2,(H2,13,14,18). The second kappa shape index (κ2) is 4.49. The molecule has 0 amide bonds. The monoisotopic (exact) mass is 263 g/mol. The maximum atomic E-state index is 5.28. The molecular weight excluding hydrogens is 254 g/mol. The van der Waals surface area contributed by atoms with E-state index in [2.05, 4.69) is 20.9 Å². The molecule has 8 heteroatoms. The van der Waals surface area contributed by atoms with Crippen molar-refractivity contribution in [2.45, 2.75) is 0 Å². The molecule has 1 aliphatic rings. The maximum Gasteiger partial charge on any atom is 0.231 e. The van der Waals surface area contributed by atoms with Crippen molar-refractivity contribution in [1.29, 1.82) is 0 Å². The van der Waals surface area contributed by atoms with E-state index < -0.39 is 0 Å². The summed E-state index contributed by atoms with van der Waals surface area (Å²) >= 11 is 5.14. The zero-order valence-electron chi connectivity index (χ0n) is 9.16. The van der Waals surface area contributed by atoms with Gasteiger partial charge in [-0.15, -0.1) is 10.2 Å². The topological polar surface area (TPSA) is 73.2 Å². The summed E-state index contributed by atoms with van der Waals surface area (Å²) in [5, 5.41) is 10.8. The number of aromatic nitrogens is 3. The van der Waals surface area contributed by atoms with Crippen LogP contribution in [-0.4, -0.2) is 26.8 Å². The summed E-state index contributed by atoms with van der Waals surface area (Å²) < 4.78 is 12.0. The molecular formula is C10H9N5O2S. The molecule has 0 spiro atoms. The minimum atomic E-state index is 0.252. The Bertz CT molecular complexity index is 572. The minimum Gasteiger partial charge on any atom is -0.454 e. The Morgan fingerprint density at radius 3 is 2.83 bits per heavy atom. The molecule has 0 bridgehead atoms. The molecule has 3 rings (SSSR count). The molecule has 0 atom stereocenters. The molecule has 92 valence electrons. The van der Waals surface area contributed by atoms with Gasteiger partial charge in [-0.05, 0) is 24.4 Å². The van der Waals surface area contributed by atoms with E-state index in [1.165, 1.54) is 12.7 Å². The summed E-state index contributed by atoms with van der Waals surface area (Å²) in [6, 6.07) is 5.50. The number of nitrogens with zero attached hydrogens (tertiary/aromatic N) is 3. The van der Waals surface area contributed by atoms with E-state index >= 15 is 0 Å². The highest BCUT2D eigenvalue weighted by Crippen LogP contribution is 2.34. The zero-order chi connectivity index (χ0) is 12.4. The number of fused-ring (bicyclic) bond motifs is 1. The first-order valence-electron chi connectivity index (χ1n) is 5.13.